The maximum absolute atomic E-state index is 11.2. The number of para-hydroxylation sites is 1. The number of hydrogen-bond donors (Lipinski definition) is 0. The van der Waals surface area contributed by atoms with E-state index in [9.17, 15) is 4.79 Å². The van der Waals surface area contributed by atoms with Gasteiger partial charge < -0.3 is 4.42 Å². The molecule has 0 amide bonds. The first kappa shape index (κ1) is 12.0. The molecule has 0 spiro atoms. The van der Waals surface area contributed by atoms with Crippen molar-refractivity contribution in [3.05, 3.63) is 60.1 Å². The van der Waals surface area contributed by atoms with Gasteiger partial charge in [-0.3, -0.25) is 4.79 Å². The molecular weight excluding hydrogens is 258 g/mol. The second-order valence-corrected chi connectivity index (χ2v) is 5.03. The highest BCUT2D eigenvalue weighted by Crippen LogP contribution is 2.26. The Labute approximate surface area is 114 Å². The zero-order valence-corrected chi connectivity index (χ0v) is 10.9. The average molecular weight is 269 g/mol. The van der Waals surface area contributed by atoms with Crippen LogP contribution in [0.2, 0.25) is 0 Å². The highest BCUT2D eigenvalue weighted by Gasteiger charge is 2.08. The Morgan fingerprint density at radius 1 is 1.21 bits per heavy atom. The van der Waals surface area contributed by atoms with Crippen LogP contribution in [0.1, 0.15) is 16.1 Å². The van der Waals surface area contributed by atoms with Crippen LogP contribution < -0.4 is 0 Å². The second kappa shape index (κ2) is 5.28. The molecule has 0 radical (unpaired) electrons. The lowest BCUT2D eigenvalue weighted by molar-refractivity contribution is 0.112. The van der Waals surface area contributed by atoms with Crippen LogP contribution in [0.4, 0.5) is 0 Å². The van der Waals surface area contributed by atoms with Crippen LogP contribution in [0.3, 0.4) is 0 Å². The van der Waals surface area contributed by atoms with Crippen LogP contribution in [0.5, 0.6) is 0 Å². The lowest BCUT2D eigenvalue weighted by atomic mass is 10.2. The van der Waals surface area contributed by atoms with E-state index in [0.29, 0.717) is 11.3 Å². The summed E-state index contributed by atoms with van der Waals surface area (Å²) in [5.41, 5.74) is 1.52. The summed E-state index contributed by atoms with van der Waals surface area (Å²) in [5.74, 6) is 1.54. The van der Waals surface area contributed by atoms with Crippen molar-refractivity contribution in [2.24, 2.45) is 0 Å². The second-order valence-electron chi connectivity index (χ2n) is 4.06. The molecule has 0 unspecified atom stereocenters. The van der Waals surface area contributed by atoms with Gasteiger partial charge in [0.25, 0.3) is 0 Å². The molecule has 3 nitrogen and oxygen atoms in total. The van der Waals surface area contributed by atoms with Crippen molar-refractivity contribution in [1.82, 2.24) is 4.98 Å². The van der Waals surface area contributed by atoms with E-state index in [2.05, 4.69) is 4.98 Å². The molecule has 2 heterocycles. The number of carbonyl (C=O) groups excluding carboxylic acids is 1. The number of carbonyl (C=O) groups is 1. The molecule has 94 valence electrons. The number of rotatable bonds is 4. The number of nitrogens with zero attached hydrogens (tertiary/aromatic N) is 1. The monoisotopic (exact) mass is 269 g/mol. The summed E-state index contributed by atoms with van der Waals surface area (Å²) in [6.45, 7) is 0. The summed E-state index contributed by atoms with van der Waals surface area (Å²) < 4.78 is 5.28. The summed E-state index contributed by atoms with van der Waals surface area (Å²) in [6.07, 6.45) is 2.49. The fourth-order valence-corrected chi connectivity index (χ4v) is 2.73. The molecule has 0 saturated heterocycles. The maximum Gasteiger partial charge on any atom is 0.152 e. The van der Waals surface area contributed by atoms with Crippen molar-refractivity contribution in [2.45, 2.75) is 10.8 Å². The van der Waals surface area contributed by atoms with Gasteiger partial charge in [0.05, 0.1) is 17.5 Å². The Balaban J connectivity index is 1.94. The van der Waals surface area contributed by atoms with Gasteiger partial charge in [-0.15, -0.1) is 0 Å². The van der Waals surface area contributed by atoms with E-state index >= 15 is 0 Å². The lowest BCUT2D eigenvalue weighted by Gasteiger charge is -2.05. The number of fused-ring (bicyclic) bond motifs is 1. The molecule has 0 saturated carbocycles. The zero-order valence-electron chi connectivity index (χ0n) is 10.1. The van der Waals surface area contributed by atoms with E-state index in [1.807, 2.05) is 42.5 Å². The van der Waals surface area contributed by atoms with Gasteiger partial charge in [0.1, 0.15) is 10.8 Å². The van der Waals surface area contributed by atoms with E-state index in [4.69, 9.17) is 4.42 Å². The van der Waals surface area contributed by atoms with Gasteiger partial charge in [0.2, 0.25) is 0 Å². The van der Waals surface area contributed by atoms with Crippen LogP contribution in [0, 0.1) is 0 Å². The SMILES string of the molecule is O=Cc1cc2ccccc2nc1SCc1ccco1. The summed E-state index contributed by atoms with van der Waals surface area (Å²) in [5, 5.41) is 1.72. The zero-order chi connectivity index (χ0) is 13.1. The molecule has 3 rings (SSSR count). The van der Waals surface area contributed by atoms with Gasteiger partial charge >= 0.3 is 0 Å². The van der Waals surface area contributed by atoms with E-state index in [0.717, 1.165) is 28.0 Å². The molecule has 4 heteroatoms. The number of thioether (sulfide) groups is 1. The van der Waals surface area contributed by atoms with Crippen molar-refractivity contribution < 1.29 is 9.21 Å². The fourth-order valence-electron chi connectivity index (χ4n) is 1.85. The van der Waals surface area contributed by atoms with E-state index in [1.165, 1.54) is 11.8 Å². The van der Waals surface area contributed by atoms with Crippen molar-refractivity contribution in [1.29, 1.82) is 0 Å². The van der Waals surface area contributed by atoms with Crippen molar-refractivity contribution in [3.8, 4) is 0 Å². The molecule has 0 bridgehead atoms. The van der Waals surface area contributed by atoms with Crippen LogP contribution in [0.25, 0.3) is 10.9 Å². The Bertz CT molecular complexity index is 707. The first-order valence-electron chi connectivity index (χ1n) is 5.87. The molecule has 3 aromatic rings. The molecule has 2 aromatic heterocycles. The van der Waals surface area contributed by atoms with Gasteiger partial charge in [-0.1, -0.05) is 30.0 Å². The topological polar surface area (TPSA) is 43.1 Å². The van der Waals surface area contributed by atoms with E-state index in [-0.39, 0.29) is 0 Å². The molecule has 1 aromatic carbocycles. The van der Waals surface area contributed by atoms with E-state index < -0.39 is 0 Å². The Hall–Kier alpha value is -2.07. The largest absolute Gasteiger partial charge is 0.468 e. The van der Waals surface area contributed by atoms with Crippen molar-refractivity contribution in [2.75, 3.05) is 0 Å². The minimum Gasteiger partial charge on any atom is -0.468 e. The van der Waals surface area contributed by atoms with Gasteiger partial charge in [0, 0.05) is 10.9 Å². The van der Waals surface area contributed by atoms with Gasteiger partial charge in [-0.05, 0) is 24.3 Å². The summed E-state index contributed by atoms with van der Waals surface area (Å²) in [7, 11) is 0. The standard InChI is InChI=1S/C15H11NO2S/c17-9-12-8-11-4-1-2-6-14(11)16-15(12)19-10-13-5-3-7-18-13/h1-9H,10H2. The van der Waals surface area contributed by atoms with Crippen LogP contribution in [-0.2, 0) is 5.75 Å². The number of pyridine rings is 1. The Morgan fingerprint density at radius 2 is 2.11 bits per heavy atom. The minimum absolute atomic E-state index is 0.621. The predicted octanol–water partition coefficient (Wildman–Crippen LogP) is 3.93. The Kier molecular flexibility index (Phi) is 3.33. The first-order valence-corrected chi connectivity index (χ1v) is 6.85. The summed E-state index contributed by atoms with van der Waals surface area (Å²) in [4.78, 5) is 15.7. The van der Waals surface area contributed by atoms with Crippen LogP contribution in [-0.4, -0.2) is 11.3 Å². The van der Waals surface area contributed by atoms with Crippen molar-refractivity contribution in [3.63, 3.8) is 0 Å². The minimum atomic E-state index is 0.621. The molecule has 0 aliphatic heterocycles. The molecule has 0 aliphatic rings. The smallest absolute Gasteiger partial charge is 0.152 e. The predicted molar refractivity (Wildman–Crippen MR) is 75.4 cm³/mol. The molecular formula is C15H11NO2S. The molecule has 19 heavy (non-hydrogen) atoms. The van der Waals surface area contributed by atoms with Gasteiger partial charge in [-0.25, -0.2) is 4.98 Å². The third-order valence-corrected chi connectivity index (χ3v) is 3.80. The molecule has 0 fully saturated rings. The number of aromatic nitrogens is 1. The number of aldehydes is 1. The van der Waals surface area contributed by atoms with Gasteiger partial charge in [-0.2, -0.15) is 0 Å². The highest BCUT2D eigenvalue weighted by molar-refractivity contribution is 7.98. The summed E-state index contributed by atoms with van der Waals surface area (Å²) >= 11 is 1.51. The third-order valence-electron chi connectivity index (χ3n) is 2.77. The maximum atomic E-state index is 11.2. The average Bonchev–Trinajstić information content (AvgIpc) is 2.97. The first-order chi connectivity index (χ1) is 9.36. The third kappa shape index (κ3) is 2.53. The summed E-state index contributed by atoms with van der Waals surface area (Å²) in [6, 6.07) is 13.4. The number of hydrogen-bond acceptors (Lipinski definition) is 4. The van der Waals surface area contributed by atoms with E-state index in [1.54, 1.807) is 6.26 Å². The Morgan fingerprint density at radius 3 is 2.89 bits per heavy atom. The van der Waals surface area contributed by atoms with Gasteiger partial charge in [0.15, 0.2) is 6.29 Å². The fraction of sp³-hybridized carbons (Fsp3) is 0.0667. The lowest BCUT2D eigenvalue weighted by Crippen LogP contribution is -1.92. The van der Waals surface area contributed by atoms with Crippen molar-refractivity contribution >= 4 is 29.0 Å². The van der Waals surface area contributed by atoms with Crippen LogP contribution in [0.15, 0.2) is 58.2 Å². The number of furan rings is 1. The highest BCUT2D eigenvalue weighted by atomic mass is 32.2. The van der Waals surface area contributed by atoms with Crippen LogP contribution >= 0.6 is 11.8 Å². The quantitative estimate of drug-likeness (QED) is 0.531. The molecule has 0 aliphatic carbocycles. The number of benzene rings is 1. The normalized spacial score (nSPS) is 10.7. The molecule has 0 atom stereocenters. The molecule has 0 N–H and O–H groups in total.